The van der Waals surface area contributed by atoms with Gasteiger partial charge in [-0.1, -0.05) is 76.7 Å². The van der Waals surface area contributed by atoms with Crippen molar-refractivity contribution in [1.29, 1.82) is 0 Å². The Morgan fingerprint density at radius 2 is 1.38 bits per heavy atom. The predicted molar refractivity (Wildman–Crippen MR) is 69.7 cm³/mol. The number of hydrogen-bond donors (Lipinski definition) is 0. The van der Waals surface area contributed by atoms with Crippen LogP contribution in [-0.4, -0.2) is 4.98 Å². The van der Waals surface area contributed by atoms with Crippen LogP contribution in [0.4, 0.5) is 0 Å². The van der Waals surface area contributed by atoms with Gasteiger partial charge in [0.05, 0.1) is 20.8 Å². The first-order valence-corrected chi connectivity index (χ1v) is 5.88. The lowest BCUT2D eigenvalue weighted by Gasteiger charge is -2.07. The van der Waals surface area contributed by atoms with Gasteiger partial charge in [-0.3, -0.25) is 0 Å². The zero-order valence-corrected chi connectivity index (χ0v) is 10.9. The molecule has 0 aliphatic heterocycles. The molecule has 0 bridgehead atoms. The summed E-state index contributed by atoms with van der Waals surface area (Å²) in [7, 11) is 0. The Hall–Kier alpha value is -0.470. The van der Waals surface area contributed by atoms with Crippen molar-refractivity contribution in [2.75, 3.05) is 0 Å². The molecule has 0 N–H and O–H groups in total. The van der Waals surface area contributed by atoms with Gasteiger partial charge < -0.3 is 0 Å². The lowest BCUT2D eigenvalue weighted by molar-refractivity contribution is 1.32. The third-order valence-electron chi connectivity index (χ3n) is 2.03. The van der Waals surface area contributed by atoms with Crippen molar-refractivity contribution in [2.45, 2.75) is 0 Å². The summed E-state index contributed by atoms with van der Waals surface area (Å²) < 4.78 is 0. The van der Waals surface area contributed by atoms with Crippen LogP contribution in [0.1, 0.15) is 0 Å². The fourth-order valence-corrected chi connectivity index (χ4v) is 2.11. The summed E-state index contributed by atoms with van der Waals surface area (Å²) in [6.45, 7) is 0. The van der Waals surface area contributed by atoms with E-state index in [4.69, 9.17) is 46.4 Å². The van der Waals surface area contributed by atoms with Crippen LogP contribution in [-0.2, 0) is 0 Å². The van der Waals surface area contributed by atoms with Crippen molar-refractivity contribution >= 4 is 46.4 Å². The maximum Gasteiger partial charge on any atom is 0.149 e. The number of pyridine rings is 1. The third kappa shape index (κ3) is 2.14. The van der Waals surface area contributed by atoms with Gasteiger partial charge >= 0.3 is 0 Å². The Labute approximate surface area is 113 Å². The fourth-order valence-electron chi connectivity index (χ4n) is 1.27. The molecule has 16 heavy (non-hydrogen) atoms. The average Bonchev–Trinajstić information content (AvgIpc) is 2.32. The molecule has 0 amide bonds. The molecule has 0 atom stereocenters. The molecule has 0 aliphatic carbocycles. The largest absolute Gasteiger partial charge is 0.233 e. The second-order valence-corrected chi connectivity index (χ2v) is 4.55. The smallest absolute Gasteiger partial charge is 0.149 e. The van der Waals surface area contributed by atoms with Crippen molar-refractivity contribution in [2.24, 2.45) is 0 Å². The van der Waals surface area contributed by atoms with Crippen molar-refractivity contribution in [1.82, 2.24) is 4.98 Å². The standard InChI is InChI=1S/C11H5Cl4N/c12-7-8(13)10(16-11(15)9(7)14)6-4-2-1-3-5-6/h1-5H. The zero-order valence-electron chi connectivity index (χ0n) is 7.85. The molecule has 5 heteroatoms. The first kappa shape index (κ1) is 12.0. The van der Waals surface area contributed by atoms with Crippen LogP contribution in [0, 0.1) is 0 Å². The number of aromatic nitrogens is 1. The summed E-state index contributed by atoms with van der Waals surface area (Å²) >= 11 is 23.7. The van der Waals surface area contributed by atoms with Gasteiger partial charge in [0.2, 0.25) is 0 Å². The number of nitrogens with zero attached hydrogens (tertiary/aromatic N) is 1. The molecule has 2 rings (SSSR count). The first-order chi connectivity index (χ1) is 7.61. The quantitative estimate of drug-likeness (QED) is 0.645. The van der Waals surface area contributed by atoms with Crippen molar-refractivity contribution < 1.29 is 0 Å². The van der Waals surface area contributed by atoms with E-state index in [9.17, 15) is 0 Å². The van der Waals surface area contributed by atoms with E-state index in [-0.39, 0.29) is 15.2 Å². The van der Waals surface area contributed by atoms with Crippen molar-refractivity contribution in [3.8, 4) is 11.3 Å². The second-order valence-electron chi connectivity index (χ2n) is 3.06. The molecule has 1 aromatic heterocycles. The molecule has 0 unspecified atom stereocenters. The summed E-state index contributed by atoms with van der Waals surface area (Å²) in [6.07, 6.45) is 0. The molecule has 2 aromatic rings. The highest BCUT2D eigenvalue weighted by atomic mass is 35.5. The van der Waals surface area contributed by atoms with E-state index in [0.29, 0.717) is 10.7 Å². The monoisotopic (exact) mass is 291 g/mol. The summed E-state index contributed by atoms with van der Waals surface area (Å²) in [5.41, 5.74) is 1.37. The number of hydrogen-bond acceptors (Lipinski definition) is 1. The van der Waals surface area contributed by atoms with Gasteiger partial charge in [0.25, 0.3) is 0 Å². The van der Waals surface area contributed by atoms with E-state index in [0.717, 1.165) is 5.56 Å². The van der Waals surface area contributed by atoms with Gasteiger partial charge in [-0.2, -0.15) is 0 Å². The summed E-state index contributed by atoms with van der Waals surface area (Å²) in [6, 6.07) is 9.40. The summed E-state index contributed by atoms with van der Waals surface area (Å²) in [5.74, 6) is 0. The van der Waals surface area contributed by atoms with Crippen LogP contribution in [0.2, 0.25) is 20.2 Å². The number of halogens is 4. The molecular weight excluding hydrogens is 288 g/mol. The highest BCUT2D eigenvalue weighted by molar-refractivity contribution is 6.52. The summed E-state index contributed by atoms with van der Waals surface area (Å²) in [4.78, 5) is 4.12. The minimum absolute atomic E-state index is 0.148. The van der Waals surface area contributed by atoms with Gasteiger partial charge in [0.15, 0.2) is 0 Å². The summed E-state index contributed by atoms with van der Waals surface area (Å²) in [5, 5.41) is 0.854. The molecule has 0 saturated heterocycles. The maximum atomic E-state index is 6.07. The molecule has 0 radical (unpaired) electrons. The maximum absolute atomic E-state index is 6.07. The lowest BCUT2D eigenvalue weighted by Crippen LogP contribution is -1.88. The van der Waals surface area contributed by atoms with Crippen LogP contribution in [0.5, 0.6) is 0 Å². The molecule has 1 nitrogen and oxygen atoms in total. The Morgan fingerprint density at radius 3 is 2.00 bits per heavy atom. The Bertz CT molecular complexity index is 525. The second kappa shape index (κ2) is 4.80. The minimum atomic E-state index is 0.148. The average molecular weight is 293 g/mol. The van der Waals surface area contributed by atoms with Crippen LogP contribution in [0.3, 0.4) is 0 Å². The van der Waals surface area contributed by atoms with Crippen LogP contribution < -0.4 is 0 Å². The Kier molecular flexibility index (Phi) is 3.60. The highest BCUT2D eigenvalue weighted by Crippen LogP contribution is 2.39. The van der Waals surface area contributed by atoms with Crippen LogP contribution >= 0.6 is 46.4 Å². The topological polar surface area (TPSA) is 12.9 Å². The van der Waals surface area contributed by atoms with Gasteiger partial charge in [0.1, 0.15) is 5.15 Å². The molecule has 0 saturated carbocycles. The minimum Gasteiger partial charge on any atom is -0.233 e. The first-order valence-electron chi connectivity index (χ1n) is 4.36. The van der Waals surface area contributed by atoms with E-state index in [1.165, 1.54) is 0 Å². The molecule has 0 aliphatic rings. The van der Waals surface area contributed by atoms with E-state index < -0.39 is 0 Å². The Morgan fingerprint density at radius 1 is 0.750 bits per heavy atom. The SMILES string of the molecule is Clc1nc(-c2ccccc2)c(Cl)c(Cl)c1Cl. The number of rotatable bonds is 1. The number of benzene rings is 1. The molecule has 0 spiro atoms. The van der Waals surface area contributed by atoms with Gasteiger partial charge in [0, 0.05) is 5.56 Å². The van der Waals surface area contributed by atoms with E-state index in [1.807, 2.05) is 30.3 Å². The molecular formula is C11H5Cl4N. The molecule has 1 aromatic carbocycles. The van der Waals surface area contributed by atoms with Crippen LogP contribution in [0.25, 0.3) is 11.3 Å². The molecule has 82 valence electrons. The van der Waals surface area contributed by atoms with Gasteiger partial charge in [-0.25, -0.2) is 4.98 Å². The third-order valence-corrected chi connectivity index (χ3v) is 3.71. The highest BCUT2D eigenvalue weighted by Gasteiger charge is 2.15. The predicted octanol–water partition coefficient (Wildman–Crippen LogP) is 5.36. The van der Waals surface area contributed by atoms with Crippen LogP contribution in [0.15, 0.2) is 30.3 Å². The normalized spacial score (nSPS) is 10.5. The zero-order chi connectivity index (χ0) is 11.7. The van der Waals surface area contributed by atoms with E-state index in [1.54, 1.807) is 0 Å². The van der Waals surface area contributed by atoms with Gasteiger partial charge in [-0.15, -0.1) is 0 Å². The lowest BCUT2D eigenvalue weighted by atomic mass is 10.1. The van der Waals surface area contributed by atoms with E-state index >= 15 is 0 Å². The van der Waals surface area contributed by atoms with E-state index in [2.05, 4.69) is 4.98 Å². The van der Waals surface area contributed by atoms with Crippen molar-refractivity contribution in [3.05, 3.63) is 50.6 Å². The molecule has 1 heterocycles. The molecule has 0 fully saturated rings. The van der Waals surface area contributed by atoms with Crippen molar-refractivity contribution in [3.63, 3.8) is 0 Å². The van der Waals surface area contributed by atoms with Gasteiger partial charge in [-0.05, 0) is 0 Å². The fraction of sp³-hybridized carbons (Fsp3) is 0. The Balaban J connectivity index is 2.68.